The molecule has 1 unspecified atom stereocenters. The zero-order valence-corrected chi connectivity index (χ0v) is 17.8. The van der Waals surface area contributed by atoms with Crippen LogP contribution in [0.2, 0.25) is 0 Å². The Morgan fingerprint density at radius 1 is 1.32 bits per heavy atom. The van der Waals surface area contributed by atoms with Gasteiger partial charge in [0.05, 0.1) is 28.7 Å². The first-order valence-corrected chi connectivity index (χ1v) is 11.7. The van der Waals surface area contributed by atoms with Gasteiger partial charge in [-0.1, -0.05) is 12.5 Å². The van der Waals surface area contributed by atoms with Gasteiger partial charge in [0.15, 0.2) is 5.65 Å². The van der Waals surface area contributed by atoms with Gasteiger partial charge < -0.3 is 5.32 Å². The van der Waals surface area contributed by atoms with Crippen LogP contribution < -0.4 is 5.32 Å². The lowest BCUT2D eigenvalue weighted by Gasteiger charge is -2.33. The Kier molecular flexibility index (Phi) is 5.35. The number of sulfonamides is 1. The topological polar surface area (TPSA) is 92.5 Å². The lowest BCUT2D eigenvalue weighted by Crippen LogP contribution is -2.38. The molecule has 1 aliphatic heterocycles. The minimum absolute atomic E-state index is 0.269. The van der Waals surface area contributed by atoms with E-state index in [0.717, 1.165) is 40.8 Å². The Labute approximate surface area is 172 Å². The molecule has 4 heterocycles. The van der Waals surface area contributed by atoms with Crippen LogP contribution in [-0.2, 0) is 16.6 Å². The smallest absolute Gasteiger partial charge is 0.211 e. The van der Waals surface area contributed by atoms with Crippen molar-refractivity contribution in [3.05, 3.63) is 52.5 Å². The highest BCUT2D eigenvalue weighted by molar-refractivity contribution is 9.10. The number of hydrogen-bond donors (Lipinski definition) is 1. The molecule has 8 nitrogen and oxygen atoms in total. The van der Waals surface area contributed by atoms with E-state index in [4.69, 9.17) is 4.98 Å². The first kappa shape index (κ1) is 19.3. The van der Waals surface area contributed by atoms with Crippen LogP contribution in [0.3, 0.4) is 0 Å². The number of fused-ring (bicyclic) bond motifs is 1. The van der Waals surface area contributed by atoms with E-state index in [1.807, 2.05) is 18.2 Å². The van der Waals surface area contributed by atoms with Crippen molar-refractivity contribution in [2.75, 3.05) is 18.1 Å². The standard InChI is InChI=1S/C18H21BrN6O2S/c1-28(26,27)24-8-3-2-6-16(24)15-9-17(21-11-13-5-4-7-20-10-13)25-18(23-15)14(19)12-22-25/h4-5,7,9-10,12,16,21H,2-3,6,8,11H2,1H3. The van der Waals surface area contributed by atoms with E-state index >= 15 is 0 Å². The van der Waals surface area contributed by atoms with Crippen molar-refractivity contribution in [3.63, 3.8) is 0 Å². The monoisotopic (exact) mass is 464 g/mol. The number of rotatable bonds is 5. The first-order valence-electron chi connectivity index (χ1n) is 9.07. The zero-order valence-electron chi connectivity index (χ0n) is 15.4. The summed E-state index contributed by atoms with van der Waals surface area (Å²) < 4.78 is 28.6. The van der Waals surface area contributed by atoms with Crippen molar-refractivity contribution >= 4 is 37.4 Å². The largest absolute Gasteiger partial charge is 0.366 e. The maximum absolute atomic E-state index is 12.3. The number of halogens is 1. The van der Waals surface area contributed by atoms with E-state index in [0.29, 0.717) is 18.7 Å². The summed E-state index contributed by atoms with van der Waals surface area (Å²) in [7, 11) is -3.31. The van der Waals surface area contributed by atoms with E-state index in [2.05, 4.69) is 31.3 Å². The summed E-state index contributed by atoms with van der Waals surface area (Å²) >= 11 is 3.49. The molecule has 10 heteroatoms. The van der Waals surface area contributed by atoms with Gasteiger partial charge in [-0.05, 0) is 40.4 Å². The van der Waals surface area contributed by atoms with Crippen molar-refractivity contribution < 1.29 is 8.42 Å². The van der Waals surface area contributed by atoms with Crippen LogP contribution in [0.25, 0.3) is 5.65 Å². The van der Waals surface area contributed by atoms with E-state index in [1.165, 1.54) is 6.26 Å². The summed E-state index contributed by atoms with van der Waals surface area (Å²) in [5.74, 6) is 0.758. The lowest BCUT2D eigenvalue weighted by atomic mass is 10.0. The molecule has 1 aliphatic rings. The van der Waals surface area contributed by atoms with Gasteiger partial charge in [0.25, 0.3) is 0 Å². The van der Waals surface area contributed by atoms with Crippen LogP contribution in [0.1, 0.15) is 36.6 Å². The predicted octanol–water partition coefficient (Wildman–Crippen LogP) is 2.99. The number of pyridine rings is 1. The highest BCUT2D eigenvalue weighted by Crippen LogP contribution is 2.34. The summed E-state index contributed by atoms with van der Waals surface area (Å²) in [6.45, 7) is 1.10. The molecule has 0 amide bonds. The molecule has 1 fully saturated rings. The molecule has 1 saturated heterocycles. The molecule has 3 aromatic rings. The molecule has 0 spiro atoms. The first-order chi connectivity index (χ1) is 13.4. The fourth-order valence-corrected chi connectivity index (χ4v) is 5.03. The third-order valence-electron chi connectivity index (χ3n) is 4.87. The molecule has 0 aromatic carbocycles. The summed E-state index contributed by atoms with van der Waals surface area (Å²) in [4.78, 5) is 8.87. The summed E-state index contributed by atoms with van der Waals surface area (Å²) in [6, 6.07) is 5.51. The number of anilines is 1. The predicted molar refractivity (Wildman–Crippen MR) is 110 cm³/mol. The Morgan fingerprint density at radius 3 is 2.93 bits per heavy atom. The second-order valence-corrected chi connectivity index (χ2v) is 9.68. The number of nitrogens with one attached hydrogen (secondary N) is 1. The molecule has 3 aromatic heterocycles. The van der Waals surface area contributed by atoms with Crippen LogP contribution in [0.5, 0.6) is 0 Å². The maximum atomic E-state index is 12.3. The summed E-state index contributed by atoms with van der Waals surface area (Å²) in [5, 5.41) is 7.76. The van der Waals surface area contributed by atoms with Crippen LogP contribution in [0.4, 0.5) is 5.82 Å². The fourth-order valence-electron chi connectivity index (χ4n) is 3.54. The normalized spacial score (nSPS) is 18.4. The SMILES string of the molecule is CS(=O)(=O)N1CCCCC1c1cc(NCc2cccnc2)n2ncc(Br)c2n1. The Balaban J connectivity index is 1.73. The average Bonchev–Trinajstić information content (AvgIpc) is 3.07. The second-order valence-electron chi connectivity index (χ2n) is 6.89. The minimum Gasteiger partial charge on any atom is -0.366 e. The highest BCUT2D eigenvalue weighted by atomic mass is 79.9. The van der Waals surface area contributed by atoms with Crippen LogP contribution in [0.15, 0.2) is 41.3 Å². The lowest BCUT2D eigenvalue weighted by molar-refractivity contribution is 0.253. The van der Waals surface area contributed by atoms with Gasteiger partial charge in [-0.3, -0.25) is 4.98 Å². The molecule has 1 atom stereocenters. The van der Waals surface area contributed by atoms with Crippen LogP contribution in [0, 0.1) is 0 Å². The summed E-state index contributed by atoms with van der Waals surface area (Å²) in [6.07, 6.45) is 9.09. The Bertz CT molecular complexity index is 1090. The van der Waals surface area contributed by atoms with E-state index < -0.39 is 10.0 Å². The van der Waals surface area contributed by atoms with E-state index in [1.54, 1.807) is 27.4 Å². The molecule has 0 bridgehead atoms. The van der Waals surface area contributed by atoms with Gasteiger partial charge in [0.2, 0.25) is 10.0 Å². The Hall–Kier alpha value is -2.04. The highest BCUT2D eigenvalue weighted by Gasteiger charge is 2.32. The number of aromatic nitrogens is 4. The molecule has 4 rings (SSSR count). The number of piperidine rings is 1. The van der Waals surface area contributed by atoms with Crippen molar-refractivity contribution in [2.24, 2.45) is 0 Å². The van der Waals surface area contributed by atoms with Gasteiger partial charge in [0, 0.05) is 31.5 Å². The van der Waals surface area contributed by atoms with Gasteiger partial charge >= 0.3 is 0 Å². The molecule has 0 radical (unpaired) electrons. The van der Waals surface area contributed by atoms with Gasteiger partial charge in [0.1, 0.15) is 5.82 Å². The fraction of sp³-hybridized carbons (Fsp3) is 0.389. The zero-order chi connectivity index (χ0) is 19.7. The van der Waals surface area contributed by atoms with Gasteiger partial charge in [-0.2, -0.15) is 13.9 Å². The van der Waals surface area contributed by atoms with Gasteiger partial charge in [-0.25, -0.2) is 13.4 Å². The third kappa shape index (κ3) is 3.89. The molecule has 0 saturated carbocycles. The van der Waals surface area contributed by atoms with Gasteiger partial charge in [-0.15, -0.1) is 0 Å². The molecular weight excluding hydrogens is 444 g/mol. The Morgan fingerprint density at radius 2 is 2.18 bits per heavy atom. The molecule has 0 aliphatic carbocycles. The van der Waals surface area contributed by atoms with Crippen molar-refractivity contribution in [1.82, 2.24) is 23.9 Å². The molecule has 148 valence electrons. The number of nitrogens with zero attached hydrogens (tertiary/aromatic N) is 5. The molecule has 28 heavy (non-hydrogen) atoms. The number of hydrogen-bond acceptors (Lipinski definition) is 6. The van der Waals surface area contributed by atoms with E-state index in [9.17, 15) is 8.42 Å². The second kappa shape index (κ2) is 7.76. The molecular formula is C18H21BrN6O2S. The average molecular weight is 465 g/mol. The van der Waals surface area contributed by atoms with E-state index in [-0.39, 0.29) is 6.04 Å². The van der Waals surface area contributed by atoms with Crippen molar-refractivity contribution in [1.29, 1.82) is 0 Å². The van der Waals surface area contributed by atoms with Crippen LogP contribution in [-0.4, -0.2) is 45.1 Å². The quantitative estimate of drug-likeness (QED) is 0.623. The third-order valence-corrected chi connectivity index (χ3v) is 6.71. The maximum Gasteiger partial charge on any atom is 0.211 e. The van der Waals surface area contributed by atoms with Crippen LogP contribution >= 0.6 is 15.9 Å². The molecule has 1 N–H and O–H groups in total. The van der Waals surface area contributed by atoms with Crippen molar-refractivity contribution in [3.8, 4) is 0 Å². The van der Waals surface area contributed by atoms with Crippen molar-refractivity contribution in [2.45, 2.75) is 31.8 Å². The summed E-state index contributed by atoms with van der Waals surface area (Å²) in [5.41, 5.74) is 2.42. The minimum atomic E-state index is -3.31.